The van der Waals surface area contributed by atoms with Crippen molar-refractivity contribution in [2.45, 2.75) is 18.9 Å². The Morgan fingerprint density at radius 1 is 1.23 bits per heavy atom. The summed E-state index contributed by atoms with van der Waals surface area (Å²) in [5, 5.41) is 2.85. The number of rotatable bonds is 2. The molecule has 6 bridgehead atoms. The Balaban J connectivity index is 1.64. The minimum Gasteiger partial charge on any atom is -0.494 e. The zero-order chi connectivity index (χ0) is 24.4. The minimum atomic E-state index is -0.370. The summed E-state index contributed by atoms with van der Waals surface area (Å²) in [5.41, 5.74) is 2.91. The maximum Gasteiger partial charge on any atom is 0.290 e. The van der Waals surface area contributed by atoms with E-state index in [1.165, 1.54) is 0 Å². The van der Waals surface area contributed by atoms with Crippen molar-refractivity contribution in [1.82, 2.24) is 19.8 Å². The van der Waals surface area contributed by atoms with Crippen LogP contribution in [0.1, 0.15) is 39.8 Å². The van der Waals surface area contributed by atoms with Gasteiger partial charge in [-0.3, -0.25) is 9.59 Å². The van der Waals surface area contributed by atoms with Crippen molar-refractivity contribution in [3.8, 4) is 17.2 Å². The van der Waals surface area contributed by atoms with E-state index in [-0.39, 0.29) is 24.5 Å². The molecule has 182 valence electrons. The molecule has 1 aromatic heterocycles. The van der Waals surface area contributed by atoms with Crippen LogP contribution in [0, 0.1) is 0 Å². The number of hydrogen-bond acceptors (Lipinski definition) is 6. The molecular formula is C26H28N4O5. The van der Waals surface area contributed by atoms with Crippen LogP contribution in [0.4, 0.5) is 0 Å². The highest BCUT2D eigenvalue weighted by molar-refractivity contribution is 5.91. The van der Waals surface area contributed by atoms with Crippen LogP contribution in [-0.2, 0) is 18.3 Å². The van der Waals surface area contributed by atoms with Crippen LogP contribution >= 0.6 is 0 Å². The second kappa shape index (κ2) is 9.69. The highest BCUT2D eigenvalue weighted by atomic mass is 16.5. The van der Waals surface area contributed by atoms with Crippen LogP contribution in [0.3, 0.4) is 0 Å². The summed E-state index contributed by atoms with van der Waals surface area (Å²) in [6, 6.07) is 11.3. The summed E-state index contributed by atoms with van der Waals surface area (Å²) in [6.07, 6.45) is 4.68. The van der Waals surface area contributed by atoms with Crippen molar-refractivity contribution in [1.29, 1.82) is 0 Å². The molecule has 1 unspecified atom stereocenters. The Morgan fingerprint density at radius 2 is 2.11 bits per heavy atom. The molecule has 0 radical (unpaired) electrons. The fourth-order valence-corrected chi connectivity index (χ4v) is 4.64. The van der Waals surface area contributed by atoms with E-state index in [2.05, 4.69) is 10.3 Å². The lowest BCUT2D eigenvalue weighted by Gasteiger charge is -2.38. The van der Waals surface area contributed by atoms with Gasteiger partial charge in [0.15, 0.2) is 23.9 Å². The first kappa shape index (κ1) is 22.8. The van der Waals surface area contributed by atoms with E-state index in [1.807, 2.05) is 48.3 Å². The molecule has 0 fully saturated rings. The standard InChI is InChI=1S/C26H28N4O5/c1-29-11-9-28-25(29)26(32)30-10-7-17-14-22-21(33-2)15-20(17)24(30)18-5-3-6-19(13-18)34-12-4-8-27-23(31)16-35-22/h3,5-6,9,11,13-15,24H,4,7-8,10,12,16H2,1-2H3,(H,27,31). The first-order valence-electron chi connectivity index (χ1n) is 11.7. The van der Waals surface area contributed by atoms with Gasteiger partial charge >= 0.3 is 0 Å². The van der Waals surface area contributed by atoms with Crippen LogP contribution in [0.5, 0.6) is 17.2 Å². The minimum absolute atomic E-state index is 0.109. The smallest absolute Gasteiger partial charge is 0.290 e. The van der Waals surface area contributed by atoms with Crippen LogP contribution in [-0.4, -0.2) is 59.7 Å². The second-order valence-electron chi connectivity index (χ2n) is 8.63. The number of hydrogen-bond donors (Lipinski definition) is 1. The number of imidazole rings is 1. The summed E-state index contributed by atoms with van der Waals surface area (Å²) in [7, 11) is 3.38. The third-order valence-electron chi connectivity index (χ3n) is 6.37. The second-order valence-corrected chi connectivity index (χ2v) is 8.63. The first-order valence-corrected chi connectivity index (χ1v) is 11.7. The van der Waals surface area contributed by atoms with Crippen molar-refractivity contribution >= 4 is 11.8 Å². The molecule has 3 aliphatic rings. The average Bonchev–Trinajstić information content (AvgIpc) is 3.30. The van der Waals surface area contributed by atoms with E-state index in [0.29, 0.717) is 55.6 Å². The number of methoxy groups -OCH3 is 1. The number of benzene rings is 2. The van der Waals surface area contributed by atoms with Gasteiger partial charge in [0.2, 0.25) is 0 Å². The molecule has 9 nitrogen and oxygen atoms in total. The molecule has 0 aliphatic carbocycles. The number of fused-ring (bicyclic) bond motifs is 8. The normalized spacial score (nSPS) is 17.8. The molecule has 3 aliphatic heterocycles. The summed E-state index contributed by atoms with van der Waals surface area (Å²) in [4.78, 5) is 32.0. The van der Waals surface area contributed by atoms with Crippen LogP contribution in [0.25, 0.3) is 0 Å². The van der Waals surface area contributed by atoms with Gasteiger partial charge in [-0.05, 0) is 53.8 Å². The first-order chi connectivity index (χ1) is 17.0. The molecule has 1 atom stereocenters. The van der Waals surface area contributed by atoms with Gasteiger partial charge in [0.05, 0.1) is 19.8 Å². The Labute approximate surface area is 203 Å². The number of carbonyl (C=O) groups is 2. The van der Waals surface area contributed by atoms with Crippen molar-refractivity contribution < 1.29 is 23.8 Å². The third kappa shape index (κ3) is 4.53. The predicted molar refractivity (Wildman–Crippen MR) is 128 cm³/mol. The molecule has 0 spiro atoms. The fourth-order valence-electron chi connectivity index (χ4n) is 4.64. The van der Waals surface area contributed by atoms with Gasteiger partial charge in [0.1, 0.15) is 5.75 Å². The van der Waals surface area contributed by atoms with E-state index in [1.54, 1.807) is 24.1 Å². The third-order valence-corrected chi connectivity index (χ3v) is 6.37. The summed E-state index contributed by atoms with van der Waals surface area (Å²) in [6.45, 7) is 1.33. The van der Waals surface area contributed by atoms with E-state index >= 15 is 0 Å². The molecule has 0 saturated carbocycles. The van der Waals surface area contributed by atoms with Gasteiger partial charge < -0.3 is 29.0 Å². The maximum absolute atomic E-state index is 13.6. The number of aryl methyl sites for hydroxylation is 1. The Bertz CT molecular complexity index is 1250. The zero-order valence-electron chi connectivity index (χ0n) is 19.8. The maximum atomic E-state index is 13.6. The molecule has 35 heavy (non-hydrogen) atoms. The Hall–Kier alpha value is -4.01. The number of ether oxygens (including phenoxy) is 3. The molecule has 9 heteroatoms. The molecule has 3 aromatic rings. The molecule has 2 amide bonds. The molecule has 6 rings (SSSR count). The molecule has 2 aromatic carbocycles. The topological polar surface area (TPSA) is 94.9 Å². The number of nitrogens with zero attached hydrogens (tertiary/aromatic N) is 3. The van der Waals surface area contributed by atoms with Crippen molar-refractivity contribution in [3.05, 3.63) is 71.3 Å². The van der Waals surface area contributed by atoms with Gasteiger partial charge in [-0.15, -0.1) is 0 Å². The number of carbonyl (C=O) groups excluding carboxylic acids is 2. The monoisotopic (exact) mass is 476 g/mol. The van der Waals surface area contributed by atoms with E-state index in [0.717, 1.165) is 16.7 Å². The lowest BCUT2D eigenvalue weighted by atomic mass is 9.87. The van der Waals surface area contributed by atoms with Crippen molar-refractivity contribution in [2.24, 2.45) is 7.05 Å². The average molecular weight is 477 g/mol. The number of nitrogens with one attached hydrogen (secondary N) is 1. The van der Waals surface area contributed by atoms with Gasteiger partial charge in [0, 0.05) is 32.5 Å². The van der Waals surface area contributed by atoms with Crippen LogP contribution < -0.4 is 19.5 Å². The Kier molecular flexibility index (Phi) is 6.31. The molecule has 0 saturated heterocycles. The lowest BCUT2D eigenvalue weighted by Crippen LogP contribution is -2.41. The zero-order valence-corrected chi connectivity index (χ0v) is 19.8. The SMILES string of the molecule is COc1cc2c3cc1OCC(=O)NCCCOc1cccc(c1)C2N(C(=O)c1nccn1C)CC3. The summed E-state index contributed by atoms with van der Waals surface area (Å²) >= 11 is 0. The van der Waals surface area contributed by atoms with E-state index in [4.69, 9.17) is 14.2 Å². The molecular weight excluding hydrogens is 448 g/mol. The van der Waals surface area contributed by atoms with E-state index in [9.17, 15) is 9.59 Å². The van der Waals surface area contributed by atoms with Crippen molar-refractivity contribution in [2.75, 3.05) is 33.4 Å². The van der Waals surface area contributed by atoms with Crippen molar-refractivity contribution in [3.63, 3.8) is 0 Å². The van der Waals surface area contributed by atoms with Crippen LogP contribution in [0.15, 0.2) is 48.8 Å². The lowest BCUT2D eigenvalue weighted by molar-refractivity contribution is -0.123. The van der Waals surface area contributed by atoms with Gasteiger partial charge in [-0.25, -0.2) is 4.98 Å². The predicted octanol–water partition coefficient (Wildman–Crippen LogP) is 2.49. The van der Waals surface area contributed by atoms with Gasteiger partial charge in [-0.1, -0.05) is 12.1 Å². The quantitative estimate of drug-likeness (QED) is 0.611. The molecule has 4 heterocycles. The molecule has 1 N–H and O–H groups in total. The summed E-state index contributed by atoms with van der Waals surface area (Å²) in [5.74, 6) is 1.75. The fraction of sp³-hybridized carbons (Fsp3) is 0.346. The highest BCUT2D eigenvalue weighted by Gasteiger charge is 2.35. The van der Waals surface area contributed by atoms with Gasteiger partial charge in [-0.2, -0.15) is 0 Å². The van der Waals surface area contributed by atoms with Gasteiger partial charge in [0.25, 0.3) is 11.8 Å². The Morgan fingerprint density at radius 3 is 2.91 bits per heavy atom. The highest BCUT2D eigenvalue weighted by Crippen LogP contribution is 2.42. The van der Waals surface area contributed by atoms with Crippen LogP contribution in [0.2, 0.25) is 0 Å². The summed E-state index contributed by atoms with van der Waals surface area (Å²) < 4.78 is 19.1. The number of amides is 2. The van der Waals surface area contributed by atoms with E-state index < -0.39 is 0 Å². The largest absolute Gasteiger partial charge is 0.494 e. The number of aromatic nitrogens is 2.